The van der Waals surface area contributed by atoms with Crippen molar-refractivity contribution in [2.75, 3.05) is 18.0 Å². The standard InChI is InChI=1S/C16H23N3O/c1-2-19(14-6-4-3-5-12(14)11-17)16-13-8-10-20-15(13)7-9-18-16/h7-10,12,14H,2-6,11,17H2,1H3. The molecule has 2 aromatic rings. The Kier molecular flexibility index (Phi) is 3.92. The molecule has 0 amide bonds. The Balaban J connectivity index is 1.98. The molecule has 1 saturated carbocycles. The molecule has 0 spiro atoms. The predicted molar refractivity (Wildman–Crippen MR) is 81.8 cm³/mol. The fraction of sp³-hybridized carbons (Fsp3) is 0.562. The van der Waals surface area contributed by atoms with Crippen molar-refractivity contribution in [3.8, 4) is 0 Å². The van der Waals surface area contributed by atoms with E-state index in [-0.39, 0.29) is 0 Å². The molecule has 4 heteroatoms. The van der Waals surface area contributed by atoms with E-state index in [1.54, 1.807) is 6.26 Å². The van der Waals surface area contributed by atoms with Crippen molar-refractivity contribution < 1.29 is 4.42 Å². The average molecular weight is 273 g/mol. The molecule has 2 aromatic heterocycles. The maximum atomic E-state index is 5.99. The molecule has 4 nitrogen and oxygen atoms in total. The van der Waals surface area contributed by atoms with Gasteiger partial charge in [-0.1, -0.05) is 12.8 Å². The second-order valence-corrected chi connectivity index (χ2v) is 5.60. The molecule has 2 atom stereocenters. The Morgan fingerprint density at radius 2 is 2.20 bits per heavy atom. The Hall–Kier alpha value is -1.55. The zero-order chi connectivity index (χ0) is 13.9. The number of rotatable bonds is 4. The third kappa shape index (κ3) is 2.29. The highest BCUT2D eigenvalue weighted by Gasteiger charge is 2.30. The first kappa shape index (κ1) is 13.4. The van der Waals surface area contributed by atoms with Gasteiger partial charge in [0.25, 0.3) is 0 Å². The van der Waals surface area contributed by atoms with Crippen molar-refractivity contribution in [3.63, 3.8) is 0 Å². The summed E-state index contributed by atoms with van der Waals surface area (Å²) < 4.78 is 5.50. The number of fused-ring (bicyclic) bond motifs is 1. The maximum Gasteiger partial charge on any atom is 0.139 e. The normalized spacial score (nSPS) is 23.1. The van der Waals surface area contributed by atoms with Crippen LogP contribution in [0.2, 0.25) is 0 Å². The molecule has 0 saturated heterocycles. The lowest BCUT2D eigenvalue weighted by atomic mass is 9.83. The second kappa shape index (κ2) is 5.83. The molecule has 1 aliphatic carbocycles. The molecule has 0 aliphatic heterocycles. The zero-order valence-electron chi connectivity index (χ0n) is 12.1. The molecule has 3 rings (SSSR count). The van der Waals surface area contributed by atoms with E-state index in [2.05, 4.69) is 16.8 Å². The number of furan rings is 1. The average Bonchev–Trinajstić information content (AvgIpc) is 2.98. The lowest BCUT2D eigenvalue weighted by Gasteiger charge is -2.40. The van der Waals surface area contributed by atoms with Crippen LogP contribution >= 0.6 is 0 Å². The topological polar surface area (TPSA) is 55.3 Å². The third-order valence-electron chi connectivity index (χ3n) is 4.54. The molecular weight excluding hydrogens is 250 g/mol. The Bertz CT molecular complexity index is 566. The summed E-state index contributed by atoms with van der Waals surface area (Å²) in [5.74, 6) is 1.62. The Morgan fingerprint density at radius 1 is 1.35 bits per heavy atom. The molecular formula is C16H23N3O. The molecule has 0 bridgehead atoms. The van der Waals surface area contributed by atoms with Crippen molar-refractivity contribution in [1.82, 2.24) is 4.98 Å². The summed E-state index contributed by atoms with van der Waals surface area (Å²) in [6.45, 7) is 3.92. The van der Waals surface area contributed by atoms with Crippen molar-refractivity contribution >= 4 is 16.8 Å². The van der Waals surface area contributed by atoms with E-state index in [9.17, 15) is 0 Å². The number of aromatic nitrogens is 1. The van der Waals surface area contributed by atoms with Gasteiger partial charge in [-0.05, 0) is 44.4 Å². The van der Waals surface area contributed by atoms with Gasteiger partial charge >= 0.3 is 0 Å². The van der Waals surface area contributed by atoms with Crippen LogP contribution in [-0.4, -0.2) is 24.1 Å². The first-order valence-corrected chi connectivity index (χ1v) is 7.64. The number of pyridine rings is 1. The van der Waals surface area contributed by atoms with Crippen molar-refractivity contribution in [1.29, 1.82) is 0 Å². The summed E-state index contributed by atoms with van der Waals surface area (Å²) in [5.41, 5.74) is 6.90. The fourth-order valence-corrected chi connectivity index (χ4v) is 3.52. The molecule has 2 unspecified atom stereocenters. The monoisotopic (exact) mass is 273 g/mol. The van der Waals surface area contributed by atoms with Crippen LogP contribution in [0.3, 0.4) is 0 Å². The summed E-state index contributed by atoms with van der Waals surface area (Å²) in [6.07, 6.45) is 8.62. The summed E-state index contributed by atoms with van der Waals surface area (Å²) >= 11 is 0. The van der Waals surface area contributed by atoms with Crippen molar-refractivity contribution in [2.45, 2.75) is 38.6 Å². The molecule has 2 heterocycles. The minimum absolute atomic E-state index is 0.506. The van der Waals surface area contributed by atoms with Crippen LogP contribution in [0.4, 0.5) is 5.82 Å². The summed E-state index contributed by atoms with van der Waals surface area (Å²) in [6, 6.07) is 4.45. The van der Waals surface area contributed by atoms with Crippen LogP contribution in [0.15, 0.2) is 29.0 Å². The van der Waals surface area contributed by atoms with E-state index in [0.29, 0.717) is 12.0 Å². The molecule has 20 heavy (non-hydrogen) atoms. The number of nitrogens with zero attached hydrogens (tertiary/aromatic N) is 2. The van der Waals surface area contributed by atoms with E-state index < -0.39 is 0 Å². The predicted octanol–water partition coefficient (Wildman–Crippen LogP) is 3.17. The van der Waals surface area contributed by atoms with Gasteiger partial charge in [0.2, 0.25) is 0 Å². The lowest BCUT2D eigenvalue weighted by Crippen LogP contribution is -2.45. The molecule has 1 aliphatic rings. The molecule has 0 aromatic carbocycles. The second-order valence-electron chi connectivity index (χ2n) is 5.60. The maximum absolute atomic E-state index is 5.99. The van der Waals surface area contributed by atoms with Gasteiger partial charge in [-0.2, -0.15) is 0 Å². The summed E-state index contributed by atoms with van der Waals surface area (Å²) in [5, 5.41) is 1.11. The summed E-state index contributed by atoms with van der Waals surface area (Å²) in [7, 11) is 0. The number of hydrogen-bond donors (Lipinski definition) is 1. The van der Waals surface area contributed by atoms with E-state index in [4.69, 9.17) is 10.2 Å². The third-order valence-corrected chi connectivity index (χ3v) is 4.54. The van der Waals surface area contributed by atoms with Crippen LogP contribution in [0.25, 0.3) is 11.0 Å². The number of nitrogens with two attached hydrogens (primary N) is 1. The Morgan fingerprint density at radius 3 is 3.00 bits per heavy atom. The highest BCUT2D eigenvalue weighted by atomic mass is 16.3. The zero-order valence-corrected chi connectivity index (χ0v) is 12.1. The smallest absolute Gasteiger partial charge is 0.139 e. The van der Waals surface area contributed by atoms with Crippen molar-refractivity contribution in [2.24, 2.45) is 11.7 Å². The molecule has 108 valence electrons. The lowest BCUT2D eigenvalue weighted by molar-refractivity contribution is 0.300. The van der Waals surface area contributed by atoms with Crippen LogP contribution in [0.1, 0.15) is 32.6 Å². The molecule has 1 fully saturated rings. The fourth-order valence-electron chi connectivity index (χ4n) is 3.52. The SMILES string of the molecule is CCN(c1nccc2occc12)C1CCCCC1CN. The first-order chi connectivity index (χ1) is 9.85. The highest BCUT2D eigenvalue weighted by molar-refractivity contribution is 5.88. The molecule has 2 N–H and O–H groups in total. The Labute approximate surface area is 120 Å². The van der Waals surface area contributed by atoms with Gasteiger partial charge in [0, 0.05) is 18.8 Å². The number of hydrogen-bond acceptors (Lipinski definition) is 4. The van der Waals surface area contributed by atoms with E-state index in [1.165, 1.54) is 25.7 Å². The van der Waals surface area contributed by atoms with E-state index in [0.717, 1.165) is 29.9 Å². The first-order valence-electron chi connectivity index (χ1n) is 7.64. The van der Waals surface area contributed by atoms with Gasteiger partial charge in [-0.15, -0.1) is 0 Å². The van der Waals surface area contributed by atoms with E-state index in [1.807, 2.05) is 18.3 Å². The van der Waals surface area contributed by atoms with Crippen molar-refractivity contribution in [3.05, 3.63) is 24.6 Å². The van der Waals surface area contributed by atoms with Crippen LogP contribution in [-0.2, 0) is 0 Å². The van der Waals surface area contributed by atoms with Gasteiger partial charge in [-0.3, -0.25) is 0 Å². The largest absolute Gasteiger partial charge is 0.464 e. The van der Waals surface area contributed by atoms with Gasteiger partial charge in [-0.25, -0.2) is 4.98 Å². The van der Waals surface area contributed by atoms with Crippen LogP contribution in [0, 0.1) is 5.92 Å². The van der Waals surface area contributed by atoms with Crippen LogP contribution < -0.4 is 10.6 Å². The van der Waals surface area contributed by atoms with Crippen LogP contribution in [0.5, 0.6) is 0 Å². The van der Waals surface area contributed by atoms with E-state index >= 15 is 0 Å². The van der Waals surface area contributed by atoms with Gasteiger partial charge in [0.15, 0.2) is 0 Å². The highest BCUT2D eigenvalue weighted by Crippen LogP contribution is 2.33. The van der Waals surface area contributed by atoms with Gasteiger partial charge < -0.3 is 15.1 Å². The van der Waals surface area contributed by atoms with Gasteiger partial charge in [0.05, 0.1) is 11.6 Å². The summed E-state index contributed by atoms with van der Waals surface area (Å²) in [4.78, 5) is 7.04. The van der Waals surface area contributed by atoms with Gasteiger partial charge in [0.1, 0.15) is 11.4 Å². The number of anilines is 1. The quantitative estimate of drug-likeness (QED) is 0.929. The minimum Gasteiger partial charge on any atom is -0.464 e. The molecule has 0 radical (unpaired) electrons. The minimum atomic E-state index is 0.506.